The van der Waals surface area contributed by atoms with Gasteiger partial charge in [-0.15, -0.1) is 0 Å². The summed E-state index contributed by atoms with van der Waals surface area (Å²) >= 11 is 0. The van der Waals surface area contributed by atoms with Gasteiger partial charge in [0.05, 0.1) is 0 Å². The van der Waals surface area contributed by atoms with Crippen LogP contribution in [0.15, 0.2) is 23.2 Å². The summed E-state index contributed by atoms with van der Waals surface area (Å²) in [4.78, 5) is 4.20. The van der Waals surface area contributed by atoms with Gasteiger partial charge in [0, 0.05) is 11.9 Å². The van der Waals surface area contributed by atoms with Crippen molar-refractivity contribution >= 4 is 17.6 Å². The van der Waals surface area contributed by atoms with Crippen molar-refractivity contribution in [2.24, 2.45) is 4.99 Å². The number of nitrogens with two attached hydrogens (primary N) is 1. The molecule has 1 unspecified atom stereocenters. The molecule has 3 nitrogen and oxygen atoms in total. The molecule has 3 heteroatoms. The van der Waals surface area contributed by atoms with E-state index in [0.717, 1.165) is 11.4 Å². The minimum atomic E-state index is 0.0566. The van der Waals surface area contributed by atoms with Crippen molar-refractivity contribution in [3.8, 4) is 5.75 Å². The van der Waals surface area contributed by atoms with Crippen LogP contribution in [0, 0.1) is 0 Å². The van der Waals surface area contributed by atoms with Crippen molar-refractivity contribution in [1.29, 1.82) is 0 Å². The molecule has 0 radical (unpaired) electrons. The zero-order chi connectivity index (χ0) is 8.55. The highest BCUT2D eigenvalue weighted by Crippen LogP contribution is 2.32. The van der Waals surface area contributed by atoms with E-state index in [1.165, 1.54) is 0 Å². The van der Waals surface area contributed by atoms with Crippen LogP contribution in [0.25, 0.3) is 0 Å². The number of rotatable bonds is 0. The molecule has 1 heterocycles. The Hall–Kier alpha value is -1.51. The number of nitrogen functional groups attached to an aromatic ring is 1. The van der Waals surface area contributed by atoms with Gasteiger partial charge in [-0.1, -0.05) is 0 Å². The number of fused-ring (bicyclic) bond motifs is 1. The Balaban J connectivity index is 2.47. The van der Waals surface area contributed by atoms with Crippen molar-refractivity contribution in [1.82, 2.24) is 0 Å². The highest BCUT2D eigenvalue weighted by Gasteiger charge is 2.10. The lowest BCUT2D eigenvalue weighted by molar-refractivity contribution is 0.288. The van der Waals surface area contributed by atoms with Crippen LogP contribution in [0.3, 0.4) is 0 Å². The average molecular weight is 162 g/mol. The molecule has 2 N–H and O–H groups in total. The second-order valence-electron chi connectivity index (χ2n) is 2.83. The van der Waals surface area contributed by atoms with Crippen LogP contribution in [0.2, 0.25) is 0 Å². The smallest absolute Gasteiger partial charge is 0.146 e. The van der Waals surface area contributed by atoms with Gasteiger partial charge in [0.25, 0.3) is 0 Å². The molecule has 1 aliphatic heterocycles. The van der Waals surface area contributed by atoms with Crippen LogP contribution in [-0.2, 0) is 0 Å². The molecule has 0 saturated carbocycles. The first-order chi connectivity index (χ1) is 5.75. The van der Waals surface area contributed by atoms with E-state index in [4.69, 9.17) is 10.5 Å². The van der Waals surface area contributed by atoms with E-state index in [9.17, 15) is 0 Å². The van der Waals surface area contributed by atoms with Crippen LogP contribution >= 0.6 is 0 Å². The summed E-state index contributed by atoms with van der Waals surface area (Å²) < 4.78 is 5.48. The molecule has 0 aliphatic carbocycles. The first kappa shape index (κ1) is 7.16. The van der Waals surface area contributed by atoms with E-state index in [0.29, 0.717) is 5.69 Å². The quantitative estimate of drug-likeness (QED) is 0.591. The molecular weight excluding hydrogens is 152 g/mol. The Morgan fingerprint density at radius 2 is 2.33 bits per heavy atom. The molecule has 0 spiro atoms. The Kier molecular flexibility index (Phi) is 1.50. The molecule has 0 amide bonds. The molecule has 0 saturated heterocycles. The number of nitrogens with zero attached hydrogens (tertiary/aromatic N) is 1. The summed E-state index contributed by atoms with van der Waals surface area (Å²) in [6.45, 7) is 1.95. The molecule has 0 aromatic heterocycles. The topological polar surface area (TPSA) is 47.6 Å². The molecule has 2 rings (SSSR count). The lowest BCUT2D eigenvalue weighted by Crippen LogP contribution is -2.15. The van der Waals surface area contributed by atoms with Gasteiger partial charge in [0.2, 0.25) is 0 Å². The Morgan fingerprint density at radius 3 is 3.17 bits per heavy atom. The Labute approximate surface area is 70.9 Å². The molecule has 0 bridgehead atoms. The third-order valence-electron chi connectivity index (χ3n) is 1.72. The SMILES string of the molecule is CC1C=Nc2cc(N)ccc2O1. The predicted octanol–water partition coefficient (Wildman–Crippen LogP) is 1.75. The van der Waals surface area contributed by atoms with Gasteiger partial charge < -0.3 is 10.5 Å². The summed E-state index contributed by atoms with van der Waals surface area (Å²) in [7, 11) is 0. The summed E-state index contributed by atoms with van der Waals surface area (Å²) in [6, 6.07) is 5.46. The van der Waals surface area contributed by atoms with Gasteiger partial charge in [-0.05, 0) is 25.1 Å². The number of anilines is 1. The molecule has 1 aliphatic rings. The molecular formula is C9H10N2O. The zero-order valence-electron chi connectivity index (χ0n) is 6.82. The van der Waals surface area contributed by atoms with Gasteiger partial charge in [-0.3, -0.25) is 4.99 Å². The van der Waals surface area contributed by atoms with E-state index in [2.05, 4.69) is 4.99 Å². The predicted molar refractivity (Wildman–Crippen MR) is 49.1 cm³/mol. The molecule has 1 atom stereocenters. The minimum Gasteiger partial charge on any atom is -0.483 e. The van der Waals surface area contributed by atoms with E-state index in [1.54, 1.807) is 12.3 Å². The summed E-state index contributed by atoms with van der Waals surface area (Å²) in [5.41, 5.74) is 7.11. The van der Waals surface area contributed by atoms with Crippen LogP contribution in [-0.4, -0.2) is 12.3 Å². The zero-order valence-corrected chi connectivity index (χ0v) is 6.82. The fourth-order valence-electron chi connectivity index (χ4n) is 1.15. The molecule has 1 aromatic carbocycles. The van der Waals surface area contributed by atoms with E-state index < -0.39 is 0 Å². The third-order valence-corrected chi connectivity index (χ3v) is 1.72. The van der Waals surface area contributed by atoms with Gasteiger partial charge in [-0.25, -0.2) is 0 Å². The number of hydrogen-bond donors (Lipinski definition) is 1. The van der Waals surface area contributed by atoms with E-state index in [-0.39, 0.29) is 6.10 Å². The van der Waals surface area contributed by atoms with Gasteiger partial charge >= 0.3 is 0 Å². The first-order valence-corrected chi connectivity index (χ1v) is 3.86. The van der Waals surface area contributed by atoms with Crippen molar-refractivity contribution < 1.29 is 4.74 Å². The number of ether oxygens (including phenoxy) is 1. The summed E-state index contributed by atoms with van der Waals surface area (Å²) in [5.74, 6) is 0.805. The summed E-state index contributed by atoms with van der Waals surface area (Å²) in [6.07, 6.45) is 1.82. The molecule has 1 aromatic rings. The van der Waals surface area contributed by atoms with E-state index in [1.807, 2.05) is 19.1 Å². The van der Waals surface area contributed by atoms with E-state index >= 15 is 0 Å². The minimum absolute atomic E-state index is 0.0566. The van der Waals surface area contributed by atoms with Crippen LogP contribution in [0.1, 0.15) is 6.92 Å². The van der Waals surface area contributed by atoms with Crippen molar-refractivity contribution in [2.75, 3.05) is 5.73 Å². The monoisotopic (exact) mass is 162 g/mol. The maximum atomic E-state index is 5.59. The Bertz CT molecular complexity index is 333. The number of aliphatic imine (C=N–C) groups is 1. The standard InChI is InChI=1S/C9H10N2O/c1-6-5-11-8-4-7(10)2-3-9(8)12-6/h2-6H,10H2,1H3. The fourth-order valence-corrected chi connectivity index (χ4v) is 1.15. The maximum Gasteiger partial charge on any atom is 0.146 e. The third kappa shape index (κ3) is 1.13. The summed E-state index contributed by atoms with van der Waals surface area (Å²) in [5, 5.41) is 0. The second kappa shape index (κ2) is 2.52. The molecule has 12 heavy (non-hydrogen) atoms. The van der Waals surface area contributed by atoms with Crippen LogP contribution in [0.4, 0.5) is 11.4 Å². The van der Waals surface area contributed by atoms with Gasteiger partial charge in [-0.2, -0.15) is 0 Å². The van der Waals surface area contributed by atoms with Crippen LogP contribution < -0.4 is 10.5 Å². The molecule has 0 fully saturated rings. The van der Waals surface area contributed by atoms with Crippen molar-refractivity contribution in [3.63, 3.8) is 0 Å². The normalized spacial score (nSPS) is 19.9. The van der Waals surface area contributed by atoms with Crippen LogP contribution in [0.5, 0.6) is 5.75 Å². The number of benzene rings is 1. The maximum absolute atomic E-state index is 5.59. The highest BCUT2D eigenvalue weighted by molar-refractivity contribution is 5.75. The lowest BCUT2D eigenvalue weighted by Gasteiger charge is -2.16. The highest BCUT2D eigenvalue weighted by atomic mass is 16.5. The number of hydrogen-bond acceptors (Lipinski definition) is 3. The first-order valence-electron chi connectivity index (χ1n) is 3.86. The average Bonchev–Trinajstić information content (AvgIpc) is 2.05. The van der Waals surface area contributed by atoms with Gasteiger partial charge in [0.1, 0.15) is 17.5 Å². The van der Waals surface area contributed by atoms with Crippen molar-refractivity contribution in [2.45, 2.75) is 13.0 Å². The second-order valence-corrected chi connectivity index (χ2v) is 2.83. The van der Waals surface area contributed by atoms with Crippen molar-refractivity contribution in [3.05, 3.63) is 18.2 Å². The Morgan fingerprint density at radius 1 is 1.50 bits per heavy atom. The molecule has 62 valence electrons. The lowest BCUT2D eigenvalue weighted by atomic mass is 10.2. The largest absolute Gasteiger partial charge is 0.483 e. The fraction of sp³-hybridized carbons (Fsp3) is 0.222. The van der Waals surface area contributed by atoms with Gasteiger partial charge in [0.15, 0.2) is 0 Å².